The number of rotatable bonds is 0. The maximum Gasteiger partial charge on any atom is 0.161 e. The Balaban J connectivity index is 2.53. The molecule has 1 aromatic carbocycles. The average molecular weight is 195 g/mol. The summed E-state index contributed by atoms with van der Waals surface area (Å²) in [4.78, 5) is 0. The molecule has 0 fully saturated rings. The Labute approximate surface area is 81.6 Å². The summed E-state index contributed by atoms with van der Waals surface area (Å²) in [5, 5.41) is 28.5. The van der Waals surface area contributed by atoms with E-state index in [-0.39, 0.29) is 17.5 Å². The molecule has 76 valence electrons. The van der Waals surface area contributed by atoms with Crippen LogP contribution in [0, 0.1) is 0 Å². The number of hydrogen-bond acceptors (Lipinski definition) is 4. The van der Waals surface area contributed by atoms with Gasteiger partial charge in [-0.2, -0.15) is 0 Å². The number of aliphatic hydroxyl groups excluding tert-OH is 1. The van der Waals surface area contributed by atoms with Crippen LogP contribution in [0.4, 0.5) is 0 Å². The number of aliphatic hydroxyl groups is 1. The minimum absolute atomic E-state index is 0.131. The van der Waals surface area contributed by atoms with E-state index in [4.69, 9.17) is 5.73 Å². The molecule has 0 amide bonds. The van der Waals surface area contributed by atoms with Crippen molar-refractivity contribution >= 4 is 0 Å². The molecular weight excluding hydrogens is 182 g/mol. The van der Waals surface area contributed by atoms with E-state index in [1.165, 1.54) is 6.07 Å². The van der Waals surface area contributed by atoms with Gasteiger partial charge in [0.05, 0.1) is 6.10 Å². The van der Waals surface area contributed by atoms with Crippen molar-refractivity contribution in [3.05, 3.63) is 23.3 Å². The van der Waals surface area contributed by atoms with E-state index in [1.54, 1.807) is 6.07 Å². The first-order valence-corrected chi connectivity index (χ1v) is 4.58. The number of nitrogens with two attached hydrogens (primary N) is 1. The zero-order chi connectivity index (χ0) is 10.3. The van der Waals surface area contributed by atoms with Gasteiger partial charge in [0.15, 0.2) is 11.5 Å². The molecule has 1 aliphatic rings. The first kappa shape index (κ1) is 9.30. The lowest BCUT2D eigenvalue weighted by Gasteiger charge is -2.27. The van der Waals surface area contributed by atoms with Crippen LogP contribution in [-0.4, -0.2) is 21.4 Å². The van der Waals surface area contributed by atoms with E-state index in [2.05, 4.69) is 0 Å². The van der Waals surface area contributed by atoms with Gasteiger partial charge >= 0.3 is 0 Å². The van der Waals surface area contributed by atoms with E-state index in [0.29, 0.717) is 24.0 Å². The van der Waals surface area contributed by atoms with Gasteiger partial charge in [-0.3, -0.25) is 0 Å². The minimum Gasteiger partial charge on any atom is -0.504 e. The van der Waals surface area contributed by atoms with Gasteiger partial charge in [-0.1, -0.05) is 6.07 Å². The highest BCUT2D eigenvalue weighted by atomic mass is 16.3. The van der Waals surface area contributed by atoms with Crippen molar-refractivity contribution < 1.29 is 15.3 Å². The summed E-state index contributed by atoms with van der Waals surface area (Å²) < 4.78 is 0. The number of fused-ring (bicyclic) bond motifs is 1. The summed E-state index contributed by atoms with van der Waals surface area (Å²) >= 11 is 0. The fourth-order valence-corrected chi connectivity index (χ4v) is 1.88. The molecule has 0 radical (unpaired) electrons. The lowest BCUT2D eigenvalue weighted by atomic mass is 9.85. The van der Waals surface area contributed by atoms with Gasteiger partial charge in [0.2, 0.25) is 0 Å². The smallest absolute Gasteiger partial charge is 0.161 e. The maximum atomic E-state index is 9.73. The number of benzene rings is 1. The number of aromatic hydroxyl groups is 2. The van der Waals surface area contributed by atoms with E-state index in [0.717, 1.165) is 0 Å². The van der Waals surface area contributed by atoms with Gasteiger partial charge < -0.3 is 21.1 Å². The summed E-state index contributed by atoms with van der Waals surface area (Å²) in [5.41, 5.74) is 6.92. The first-order chi connectivity index (χ1) is 6.61. The van der Waals surface area contributed by atoms with Gasteiger partial charge in [-0.05, 0) is 24.5 Å². The zero-order valence-electron chi connectivity index (χ0n) is 7.64. The van der Waals surface area contributed by atoms with E-state index >= 15 is 0 Å². The fraction of sp³-hybridized carbons (Fsp3) is 0.400. The van der Waals surface area contributed by atoms with Crippen molar-refractivity contribution in [2.75, 3.05) is 0 Å². The highest BCUT2D eigenvalue weighted by molar-refractivity contribution is 5.51. The minimum atomic E-state index is -0.745. The highest BCUT2D eigenvalue weighted by Crippen LogP contribution is 2.39. The summed E-state index contributed by atoms with van der Waals surface area (Å²) in [6, 6.07) is 2.69. The predicted molar refractivity (Wildman–Crippen MR) is 51.0 cm³/mol. The van der Waals surface area contributed by atoms with Crippen LogP contribution < -0.4 is 5.73 Å². The van der Waals surface area contributed by atoms with Crippen molar-refractivity contribution in [1.29, 1.82) is 0 Å². The number of phenols is 2. The molecular formula is C10H13NO3. The molecule has 0 heterocycles. The van der Waals surface area contributed by atoms with Crippen LogP contribution in [0.15, 0.2) is 12.1 Å². The Morgan fingerprint density at radius 1 is 1.29 bits per heavy atom. The molecule has 0 spiro atoms. The summed E-state index contributed by atoms with van der Waals surface area (Å²) in [6.07, 6.45) is 0.462. The molecule has 4 nitrogen and oxygen atoms in total. The van der Waals surface area contributed by atoms with Crippen LogP contribution in [0.1, 0.15) is 23.7 Å². The summed E-state index contributed by atoms with van der Waals surface area (Å²) in [7, 11) is 0. The molecule has 0 saturated carbocycles. The van der Waals surface area contributed by atoms with E-state index in [9.17, 15) is 15.3 Å². The third kappa shape index (κ3) is 1.23. The SMILES string of the molecule is NC1CCc2c(ccc(O)c2O)[C@H]1O. The van der Waals surface area contributed by atoms with Crippen LogP contribution in [0.25, 0.3) is 0 Å². The topological polar surface area (TPSA) is 86.7 Å². The van der Waals surface area contributed by atoms with Crippen LogP contribution in [0.2, 0.25) is 0 Å². The second kappa shape index (κ2) is 3.15. The van der Waals surface area contributed by atoms with Gasteiger partial charge in [0.25, 0.3) is 0 Å². The van der Waals surface area contributed by atoms with Crippen molar-refractivity contribution in [3.8, 4) is 11.5 Å². The molecule has 4 heteroatoms. The molecule has 1 aliphatic carbocycles. The van der Waals surface area contributed by atoms with Gasteiger partial charge in [-0.25, -0.2) is 0 Å². The van der Waals surface area contributed by atoms with Crippen LogP contribution in [0.5, 0.6) is 11.5 Å². The fourth-order valence-electron chi connectivity index (χ4n) is 1.88. The van der Waals surface area contributed by atoms with Crippen LogP contribution in [-0.2, 0) is 6.42 Å². The normalized spacial score (nSPS) is 25.9. The van der Waals surface area contributed by atoms with Crippen molar-refractivity contribution in [3.63, 3.8) is 0 Å². The monoisotopic (exact) mass is 195 g/mol. The second-order valence-electron chi connectivity index (χ2n) is 3.65. The van der Waals surface area contributed by atoms with Gasteiger partial charge in [0, 0.05) is 11.6 Å². The number of phenolic OH excluding ortho intramolecular Hbond substituents is 2. The van der Waals surface area contributed by atoms with Gasteiger partial charge in [0.1, 0.15) is 0 Å². The Morgan fingerprint density at radius 2 is 2.00 bits per heavy atom. The highest BCUT2D eigenvalue weighted by Gasteiger charge is 2.27. The maximum absolute atomic E-state index is 9.73. The Bertz CT molecular complexity index is 365. The Morgan fingerprint density at radius 3 is 2.71 bits per heavy atom. The lowest BCUT2D eigenvalue weighted by Crippen LogP contribution is -2.32. The molecule has 5 N–H and O–H groups in total. The van der Waals surface area contributed by atoms with E-state index < -0.39 is 6.10 Å². The lowest BCUT2D eigenvalue weighted by molar-refractivity contribution is 0.133. The largest absolute Gasteiger partial charge is 0.504 e. The predicted octanol–water partition coefficient (Wildman–Crippen LogP) is 0.405. The molecule has 2 rings (SSSR count). The number of hydrogen-bond donors (Lipinski definition) is 4. The zero-order valence-corrected chi connectivity index (χ0v) is 7.64. The first-order valence-electron chi connectivity index (χ1n) is 4.58. The average Bonchev–Trinajstić information content (AvgIpc) is 2.17. The van der Waals surface area contributed by atoms with Crippen molar-refractivity contribution in [2.45, 2.75) is 25.0 Å². The molecule has 0 saturated heterocycles. The molecule has 0 bridgehead atoms. The van der Waals surface area contributed by atoms with Crippen LogP contribution >= 0.6 is 0 Å². The van der Waals surface area contributed by atoms with E-state index in [1.807, 2.05) is 0 Å². The Hall–Kier alpha value is -1.26. The van der Waals surface area contributed by atoms with Crippen molar-refractivity contribution in [1.82, 2.24) is 0 Å². The summed E-state index contributed by atoms with van der Waals surface area (Å²) in [6.45, 7) is 0. The second-order valence-corrected chi connectivity index (χ2v) is 3.65. The third-order valence-electron chi connectivity index (χ3n) is 2.75. The third-order valence-corrected chi connectivity index (χ3v) is 2.75. The molecule has 0 aromatic heterocycles. The molecule has 1 aromatic rings. The molecule has 1 unspecified atom stereocenters. The molecule has 14 heavy (non-hydrogen) atoms. The molecule has 0 aliphatic heterocycles. The summed E-state index contributed by atoms with van der Waals surface area (Å²) in [5.74, 6) is -0.278. The Kier molecular flexibility index (Phi) is 2.09. The van der Waals surface area contributed by atoms with Gasteiger partial charge in [-0.15, -0.1) is 0 Å². The van der Waals surface area contributed by atoms with Crippen LogP contribution in [0.3, 0.4) is 0 Å². The van der Waals surface area contributed by atoms with Crippen molar-refractivity contribution in [2.24, 2.45) is 5.73 Å². The standard InChI is InChI=1S/C10H13NO3/c11-7-3-1-6-5(9(7)13)2-4-8(12)10(6)14/h2,4,7,9,12-14H,1,3,11H2/t7?,9-/m1/s1. The quantitative estimate of drug-likeness (QED) is 0.451. The molecule has 2 atom stereocenters.